The number of pyridine rings is 1. The number of carbonyl (C=O) groups excluding carboxylic acids is 1. The molecule has 1 aromatic heterocycles. The molecule has 3 heteroatoms. The van der Waals surface area contributed by atoms with Gasteiger partial charge in [-0.25, -0.2) is 0 Å². The van der Waals surface area contributed by atoms with Crippen molar-refractivity contribution in [1.82, 2.24) is 4.98 Å². The van der Waals surface area contributed by atoms with Gasteiger partial charge < -0.3 is 4.74 Å². The lowest BCUT2D eigenvalue weighted by Gasteiger charge is -2.06. The SMILES string of the molecule is CCCCOc1ccc(CC(=O)c2cccnc2)cc1. The molecule has 0 aliphatic carbocycles. The summed E-state index contributed by atoms with van der Waals surface area (Å²) in [6.07, 6.45) is 5.84. The first-order valence-electron chi connectivity index (χ1n) is 6.94. The van der Waals surface area contributed by atoms with Crippen LogP contribution >= 0.6 is 0 Å². The molecule has 0 bridgehead atoms. The summed E-state index contributed by atoms with van der Waals surface area (Å²) in [6.45, 7) is 2.88. The fraction of sp³-hybridized carbons (Fsp3) is 0.294. The Morgan fingerprint density at radius 2 is 2.00 bits per heavy atom. The molecule has 2 aromatic rings. The van der Waals surface area contributed by atoms with E-state index in [0.717, 1.165) is 30.8 Å². The highest BCUT2D eigenvalue weighted by Gasteiger charge is 2.06. The molecule has 0 saturated heterocycles. The average molecular weight is 269 g/mol. The number of ether oxygens (including phenoxy) is 1. The Hall–Kier alpha value is -2.16. The van der Waals surface area contributed by atoms with E-state index in [-0.39, 0.29) is 5.78 Å². The molecule has 0 radical (unpaired) electrons. The standard InChI is InChI=1S/C17H19NO2/c1-2-3-11-20-16-8-6-14(7-9-16)12-17(19)15-5-4-10-18-13-15/h4-10,13H,2-3,11-12H2,1H3. The number of nitrogens with zero attached hydrogens (tertiary/aromatic N) is 1. The van der Waals surface area contributed by atoms with Crippen LogP contribution in [-0.4, -0.2) is 17.4 Å². The fourth-order valence-electron chi connectivity index (χ4n) is 1.85. The Bertz CT molecular complexity index is 535. The van der Waals surface area contributed by atoms with E-state index in [1.54, 1.807) is 24.5 Å². The zero-order chi connectivity index (χ0) is 14.2. The number of benzene rings is 1. The lowest BCUT2D eigenvalue weighted by Crippen LogP contribution is -2.04. The van der Waals surface area contributed by atoms with Crippen molar-refractivity contribution in [1.29, 1.82) is 0 Å². The normalized spacial score (nSPS) is 10.2. The van der Waals surface area contributed by atoms with Crippen molar-refractivity contribution in [3.8, 4) is 5.75 Å². The van der Waals surface area contributed by atoms with E-state index in [9.17, 15) is 4.79 Å². The summed E-state index contributed by atoms with van der Waals surface area (Å²) in [7, 11) is 0. The molecule has 2 rings (SSSR count). The molecule has 0 aliphatic heterocycles. The van der Waals surface area contributed by atoms with Crippen molar-refractivity contribution in [2.24, 2.45) is 0 Å². The predicted octanol–water partition coefficient (Wildman–Crippen LogP) is 3.69. The van der Waals surface area contributed by atoms with Crippen molar-refractivity contribution in [2.45, 2.75) is 26.2 Å². The van der Waals surface area contributed by atoms with Crippen molar-refractivity contribution in [3.63, 3.8) is 0 Å². The van der Waals surface area contributed by atoms with Gasteiger partial charge in [-0.15, -0.1) is 0 Å². The number of carbonyl (C=O) groups is 1. The van der Waals surface area contributed by atoms with Crippen LogP contribution in [0, 0.1) is 0 Å². The van der Waals surface area contributed by atoms with Crippen LogP contribution in [0.2, 0.25) is 0 Å². The highest BCUT2D eigenvalue weighted by Crippen LogP contribution is 2.14. The summed E-state index contributed by atoms with van der Waals surface area (Å²) in [5.41, 5.74) is 1.64. The number of Topliss-reactive ketones (excluding diaryl/α,β-unsaturated/α-hetero) is 1. The molecule has 1 aromatic carbocycles. The zero-order valence-electron chi connectivity index (χ0n) is 11.7. The topological polar surface area (TPSA) is 39.2 Å². The molecular formula is C17H19NO2. The quantitative estimate of drug-likeness (QED) is 0.568. The minimum absolute atomic E-state index is 0.0813. The molecule has 0 saturated carbocycles. The molecule has 0 amide bonds. The van der Waals surface area contributed by atoms with Crippen LogP contribution in [0.1, 0.15) is 35.7 Å². The van der Waals surface area contributed by atoms with Crippen LogP contribution < -0.4 is 4.74 Å². The number of rotatable bonds is 7. The Kier molecular flexibility index (Phi) is 5.30. The molecule has 0 N–H and O–H groups in total. The molecular weight excluding hydrogens is 250 g/mol. The third-order valence-corrected chi connectivity index (χ3v) is 3.04. The van der Waals surface area contributed by atoms with E-state index >= 15 is 0 Å². The summed E-state index contributed by atoms with van der Waals surface area (Å²) in [5.74, 6) is 0.939. The Morgan fingerprint density at radius 1 is 1.20 bits per heavy atom. The average Bonchev–Trinajstić information content (AvgIpc) is 2.50. The molecule has 0 fully saturated rings. The molecule has 20 heavy (non-hydrogen) atoms. The minimum Gasteiger partial charge on any atom is -0.494 e. The number of ketones is 1. The van der Waals surface area contributed by atoms with Crippen LogP contribution in [0.25, 0.3) is 0 Å². The lowest BCUT2D eigenvalue weighted by atomic mass is 10.0. The molecule has 0 atom stereocenters. The van der Waals surface area contributed by atoms with Gasteiger partial charge in [0.25, 0.3) is 0 Å². The molecule has 0 aliphatic rings. The largest absolute Gasteiger partial charge is 0.494 e. The van der Waals surface area contributed by atoms with E-state index in [0.29, 0.717) is 12.0 Å². The van der Waals surface area contributed by atoms with Crippen LogP contribution in [0.15, 0.2) is 48.8 Å². The van der Waals surface area contributed by atoms with E-state index in [1.807, 2.05) is 24.3 Å². The number of unbranched alkanes of at least 4 members (excludes halogenated alkanes) is 1. The van der Waals surface area contributed by atoms with Gasteiger partial charge in [0, 0.05) is 24.4 Å². The van der Waals surface area contributed by atoms with Gasteiger partial charge >= 0.3 is 0 Å². The smallest absolute Gasteiger partial charge is 0.168 e. The van der Waals surface area contributed by atoms with Crippen LogP contribution in [0.5, 0.6) is 5.75 Å². The van der Waals surface area contributed by atoms with Gasteiger partial charge in [0.2, 0.25) is 0 Å². The molecule has 0 unspecified atom stereocenters. The van der Waals surface area contributed by atoms with Crippen LogP contribution in [0.3, 0.4) is 0 Å². The van der Waals surface area contributed by atoms with E-state index in [1.165, 1.54) is 0 Å². The second kappa shape index (κ2) is 7.43. The Labute approximate surface area is 119 Å². The summed E-state index contributed by atoms with van der Waals surface area (Å²) in [6, 6.07) is 11.3. The van der Waals surface area contributed by atoms with Gasteiger partial charge in [-0.1, -0.05) is 25.5 Å². The first-order valence-corrected chi connectivity index (χ1v) is 6.94. The number of hydrogen-bond acceptors (Lipinski definition) is 3. The maximum absolute atomic E-state index is 12.0. The third kappa shape index (κ3) is 4.19. The van der Waals surface area contributed by atoms with E-state index in [4.69, 9.17) is 4.74 Å². The monoisotopic (exact) mass is 269 g/mol. The van der Waals surface area contributed by atoms with Crippen molar-refractivity contribution < 1.29 is 9.53 Å². The van der Waals surface area contributed by atoms with Crippen molar-refractivity contribution >= 4 is 5.78 Å². The lowest BCUT2D eigenvalue weighted by molar-refractivity contribution is 0.0992. The maximum atomic E-state index is 12.0. The first-order chi connectivity index (χ1) is 9.79. The Morgan fingerprint density at radius 3 is 2.65 bits per heavy atom. The minimum atomic E-state index is 0.0813. The van der Waals surface area contributed by atoms with Crippen molar-refractivity contribution in [3.05, 3.63) is 59.9 Å². The molecule has 3 nitrogen and oxygen atoms in total. The van der Waals surface area contributed by atoms with Gasteiger partial charge in [-0.2, -0.15) is 0 Å². The van der Waals surface area contributed by atoms with E-state index in [2.05, 4.69) is 11.9 Å². The third-order valence-electron chi connectivity index (χ3n) is 3.04. The van der Waals surface area contributed by atoms with Gasteiger partial charge in [0.15, 0.2) is 5.78 Å². The molecule has 0 spiro atoms. The highest BCUT2D eigenvalue weighted by molar-refractivity contribution is 5.97. The number of aromatic nitrogens is 1. The second-order valence-electron chi connectivity index (χ2n) is 4.69. The summed E-state index contributed by atoms with van der Waals surface area (Å²) in [4.78, 5) is 16.0. The van der Waals surface area contributed by atoms with Gasteiger partial charge in [0.1, 0.15) is 5.75 Å². The molecule has 104 valence electrons. The zero-order valence-corrected chi connectivity index (χ0v) is 11.7. The summed E-state index contributed by atoms with van der Waals surface area (Å²) in [5, 5.41) is 0. The number of hydrogen-bond donors (Lipinski definition) is 0. The van der Waals surface area contributed by atoms with Gasteiger partial charge in [-0.3, -0.25) is 9.78 Å². The fourth-order valence-corrected chi connectivity index (χ4v) is 1.85. The highest BCUT2D eigenvalue weighted by atomic mass is 16.5. The Balaban J connectivity index is 1.92. The van der Waals surface area contributed by atoms with E-state index < -0.39 is 0 Å². The van der Waals surface area contributed by atoms with Crippen LogP contribution in [0.4, 0.5) is 0 Å². The summed E-state index contributed by atoms with van der Waals surface area (Å²) >= 11 is 0. The second-order valence-corrected chi connectivity index (χ2v) is 4.69. The van der Waals surface area contributed by atoms with Crippen molar-refractivity contribution in [2.75, 3.05) is 6.61 Å². The first kappa shape index (κ1) is 14.3. The predicted molar refractivity (Wildman–Crippen MR) is 79.1 cm³/mol. The van der Waals surface area contributed by atoms with Crippen LogP contribution in [-0.2, 0) is 6.42 Å². The maximum Gasteiger partial charge on any atom is 0.168 e. The molecule has 1 heterocycles. The van der Waals surface area contributed by atoms with Gasteiger partial charge in [-0.05, 0) is 36.2 Å². The summed E-state index contributed by atoms with van der Waals surface area (Å²) < 4.78 is 5.60. The van der Waals surface area contributed by atoms with Gasteiger partial charge in [0.05, 0.1) is 6.61 Å².